The highest BCUT2D eigenvalue weighted by molar-refractivity contribution is 5.94. The zero-order valence-electron chi connectivity index (χ0n) is 17.5. The molecule has 0 unspecified atom stereocenters. The van der Waals surface area contributed by atoms with Gasteiger partial charge in [-0.1, -0.05) is 12.1 Å². The Balaban J connectivity index is 1.21. The van der Waals surface area contributed by atoms with Crippen LogP contribution in [-0.2, 0) is 11.3 Å². The summed E-state index contributed by atoms with van der Waals surface area (Å²) in [5.41, 5.74) is 4.45. The van der Waals surface area contributed by atoms with Crippen molar-refractivity contribution in [3.8, 4) is 0 Å². The molecule has 0 saturated carbocycles. The molecule has 8 heteroatoms. The van der Waals surface area contributed by atoms with Crippen LogP contribution < -0.4 is 15.5 Å². The summed E-state index contributed by atoms with van der Waals surface area (Å²) in [5.74, 6) is 1.14. The number of aromatic amines is 1. The second kappa shape index (κ2) is 9.07. The fraction of sp³-hybridized carbons (Fsp3) is 0.208. The number of aromatic nitrogens is 3. The van der Waals surface area contributed by atoms with Crippen molar-refractivity contribution in [3.63, 3.8) is 0 Å². The molecule has 1 aliphatic heterocycles. The standard InChI is InChI=1S/C24H24N6O2/c31-24(26-16-23-28-20-3-1-2-4-21(20)29-23)17-9-10-25-22(15-17)27-18-5-7-19(8-6-18)30-11-13-32-14-12-30/h1-10,15H,11-14,16H2,(H,25,27)(H,26,31)(H,28,29). The van der Waals surface area contributed by atoms with E-state index in [4.69, 9.17) is 4.74 Å². The Hall–Kier alpha value is -3.91. The molecule has 0 aliphatic carbocycles. The highest BCUT2D eigenvalue weighted by atomic mass is 16.5. The van der Waals surface area contributed by atoms with E-state index in [-0.39, 0.29) is 5.91 Å². The lowest BCUT2D eigenvalue weighted by Crippen LogP contribution is -2.36. The van der Waals surface area contributed by atoms with Crippen molar-refractivity contribution in [2.75, 3.05) is 36.5 Å². The molecule has 0 atom stereocenters. The van der Waals surface area contributed by atoms with Gasteiger partial charge in [0.25, 0.3) is 5.91 Å². The first-order valence-electron chi connectivity index (χ1n) is 10.6. The van der Waals surface area contributed by atoms with Crippen LogP contribution in [0.4, 0.5) is 17.2 Å². The van der Waals surface area contributed by atoms with Gasteiger partial charge in [0.05, 0.1) is 30.8 Å². The van der Waals surface area contributed by atoms with E-state index in [1.807, 2.05) is 36.4 Å². The number of morpholine rings is 1. The number of carbonyl (C=O) groups excluding carboxylic acids is 1. The van der Waals surface area contributed by atoms with Crippen molar-refractivity contribution >= 4 is 34.1 Å². The van der Waals surface area contributed by atoms with Gasteiger partial charge in [0.2, 0.25) is 0 Å². The molecular formula is C24H24N6O2. The summed E-state index contributed by atoms with van der Waals surface area (Å²) < 4.78 is 5.41. The van der Waals surface area contributed by atoms with E-state index in [1.54, 1.807) is 18.3 Å². The summed E-state index contributed by atoms with van der Waals surface area (Å²) in [5, 5.41) is 6.18. The van der Waals surface area contributed by atoms with Crippen LogP contribution >= 0.6 is 0 Å². The number of rotatable bonds is 6. The fourth-order valence-corrected chi connectivity index (χ4v) is 3.72. The quantitative estimate of drug-likeness (QED) is 0.435. The molecule has 32 heavy (non-hydrogen) atoms. The van der Waals surface area contributed by atoms with Gasteiger partial charge < -0.3 is 25.3 Å². The highest BCUT2D eigenvalue weighted by Gasteiger charge is 2.12. The first-order chi connectivity index (χ1) is 15.7. The lowest BCUT2D eigenvalue weighted by Gasteiger charge is -2.28. The zero-order chi connectivity index (χ0) is 21.8. The molecular weight excluding hydrogens is 404 g/mol. The summed E-state index contributed by atoms with van der Waals surface area (Å²) in [6.07, 6.45) is 1.63. The Labute approximate surface area is 185 Å². The van der Waals surface area contributed by atoms with Gasteiger partial charge in [-0.3, -0.25) is 4.79 Å². The largest absolute Gasteiger partial charge is 0.378 e. The second-order valence-electron chi connectivity index (χ2n) is 7.58. The predicted molar refractivity (Wildman–Crippen MR) is 124 cm³/mol. The van der Waals surface area contributed by atoms with Crippen LogP contribution in [0.1, 0.15) is 16.2 Å². The number of anilines is 3. The van der Waals surface area contributed by atoms with Crippen molar-refractivity contribution in [2.24, 2.45) is 0 Å². The van der Waals surface area contributed by atoms with E-state index in [9.17, 15) is 4.79 Å². The molecule has 0 bridgehead atoms. The van der Waals surface area contributed by atoms with E-state index in [0.29, 0.717) is 23.8 Å². The minimum absolute atomic E-state index is 0.182. The molecule has 1 aliphatic rings. The third kappa shape index (κ3) is 4.55. The van der Waals surface area contributed by atoms with E-state index in [2.05, 4.69) is 42.6 Å². The number of carbonyl (C=O) groups is 1. The minimum Gasteiger partial charge on any atom is -0.378 e. The van der Waals surface area contributed by atoms with Crippen LogP contribution in [-0.4, -0.2) is 47.2 Å². The summed E-state index contributed by atoms with van der Waals surface area (Å²) in [7, 11) is 0. The predicted octanol–water partition coefficient (Wildman–Crippen LogP) is 3.47. The van der Waals surface area contributed by atoms with Crippen molar-refractivity contribution in [2.45, 2.75) is 6.54 Å². The van der Waals surface area contributed by atoms with Gasteiger partial charge in [-0.2, -0.15) is 0 Å². The normalized spacial score (nSPS) is 13.8. The van der Waals surface area contributed by atoms with Crippen molar-refractivity contribution < 1.29 is 9.53 Å². The molecule has 0 radical (unpaired) electrons. The number of imidazole rings is 1. The van der Waals surface area contributed by atoms with Crippen LogP contribution in [0, 0.1) is 0 Å². The zero-order valence-corrected chi connectivity index (χ0v) is 17.5. The number of nitrogens with one attached hydrogen (secondary N) is 3. The number of H-pyrrole nitrogens is 1. The lowest BCUT2D eigenvalue weighted by atomic mass is 10.2. The van der Waals surface area contributed by atoms with Crippen LogP contribution in [0.15, 0.2) is 66.9 Å². The van der Waals surface area contributed by atoms with E-state index < -0.39 is 0 Å². The number of nitrogens with zero attached hydrogens (tertiary/aromatic N) is 3. The number of fused-ring (bicyclic) bond motifs is 1. The number of para-hydroxylation sites is 2. The molecule has 5 rings (SSSR count). The topological polar surface area (TPSA) is 95.2 Å². The molecule has 3 N–H and O–H groups in total. The first-order valence-corrected chi connectivity index (χ1v) is 10.6. The van der Waals surface area contributed by atoms with Crippen LogP contribution in [0.3, 0.4) is 0 Å². The van der Waals surface area contributed by atoms with Gasteiger partial charge in [0.1, 0.15) is 11.6 Å². The van der Waals surface area contributed by atoms with Crippen LogP contribution in [0.2, 0.25) is 0 Å². The smallest absolute Gasteiger partial charge is 0.251 e. The molecule has 1 fully saturated rings. The fourth-order valence-electron chi connectivity index (χ4n) is 3.72. The molecule has 2 aromatic heterocycles. The number of pyridine rings is 1. The van der Waals surface area contributed by atoms with E-state index in [0.717, 1.165) is 43.0 Å². The van der Waals surface area contributed by atoms with Crippen molar-refractivity contribution in [1.82, 2.24) is 20.3 Å². The Morgan fingerprint density at radius 1 is 1.06 bits per heavy atom. The SMILES string of the molecule is O=C(NCc1nc2ccccc2[nH]1)c1ccnc(Nc2ccc(N3CCOCC3)cc2)c1. The second-order valence-corrected chi connectivity index (χ2v) is 7.58. The molecule has 0 spiro atoms. The van der Waals surface area contributed by atoms with Crippen molar-refractivity contribution in [3.05, 3.63) is 78.2 Å². The summed E-state index contributed by atoms with van der Waals surface area (Å²) in [6.45, 7) is 3.64. The number of ether oxygens (including phenoxy) is 1. The molecule has 1 saturated heterocycles. The van der Waals surface area contributed by atoms with Gasteiger partial charge in [-0.05, 0) is 48.5 Å². The maximum Gasteiger partial charge on any atom is 0.251 e. The van der Waals surface area contributed by atoms with E-state index >= 15 is 0 Å². The molecule has 2 aromatic carbocycles. The Bertz CT molecular complexity index is 1180. The third-order valence-corrected chi connectivity index (χ3v) is 5.39. The Morgan fingerprint density at radius 3 is 2.69 bits per heavy atom. The van der Waals surface area contributed by atoms with Gasteiger partial charge in [-0.25, -0.2) is 9.97 Å². The first kappa shape index (κ1) is 20.0. The molecule has 4 aromatic rings. The van der Waals surface area contributed by atoms with Crippen molar-refractivity contribution in [1.29, 1.82) is 0 Å². The lowest BCUT2D eigenvalue weighted by molar-refractivity contribution is 0.0950. The van der Waals surface area contributed by atoms with Gasteiger partial charge in [-0.15, -0.1) is 0 Å². The van der Waals surface area contributed by atoms with E-state index in [1.165, 1.54) is 5.69 Å². The summed E-state index contributed by atoms with van der Waals surface area (Å²) >= 11 is 0. The minimum atomic E-state index is -0.182. The number of amides is 1. The monoisotopic (exact) mass is 428 g/mol. The summed E-state index contributed by atoms with van der Waals surface area (Å²) in [4.78, 5) is 27.0. The maximum absolute atomic E-state index is 12.6. The average molecular weight is 428 g/mol. The van der Waals surface area contributed by atoms with Gasteiger partial charge >= 0.3 is 0 Å². The van der Waals surface area contributed by atoms with Gasteiger partial charge in [0, 0.05) is 36.2 Å². The molecule has 1 amide bonds. The van der Waals surface area contributed by atoms with Crippen LogP contribution in [0.5, 0.6) is 0 Å². The molecule has 162 valence electrons. The maximum atomic E-state index is 12.6. The highest BCUT2D eigenvalue weighted by Crippen LogP contribution is 2.21. The molecule has 8 nitrogen and oxygen atoms in total. The Kier molecular flexibility index (Phi) is 5.67. The summed E-state index contributed by atoms with van der Waals surface area (Å²) in [6, 6.07) is 19.4. The number of benzene rings is 2. The number of hydrogen-bond acceptors (Lipinski definition) is 6. The number of hydrogen-bond donors (Lipinski definition) is 3. The van der Waals surface area contributed by atoms with Gasteiger partial charge in [0.15, 0.2) is 0 Å². The Morgan fingerprint density at radius 2 is 1.88 bits per heavy atom. The third-order valence-electron chi connectivity index (χ3n) is 5.39. The average Bonchev–Trinajstić information content (AvgIpc) is 3.27. The molecule has 3 heterocycles. The van der Waals surface area contributed by atoms with Crippen LogP contribution in [0.25, 0.3) is 11.0 Å².